The van der Waals surface area contributed by atoms with Crippen LogP contribution in [-0.4, -0.2) is 25.7 Å². The van der Waals surface area contributed by atoms with E-state index in [1.54, 1.807) is 6.20 Å². The molecule has 6 nitrogen and oxygen atoms in total. The maximum Gasteiger partial charge on any atom is 0.255 e. The number of hydrogen-bond donors (Lipinski definition) is 2. The Kier molecular flexibility index (Phi) is 5.33. The first-order chi connectivity index (χ1) is 11.6. The highest BCUT2D eigenvalue weighted by atomic mass is 16.1. The molecule has 2 aromatic heterocycles. The van der Waals surface area contributed by atoms with Gasteiger partial charge in [0.25, 0.3) is 5.91 Å². The molecule has 2 N–H and O–H groups in total. The predicted octanol–water partition coefficient (Wildman–Crippen LogP) is 3.24. The molecule has 1 fully saturated rings. The average Bonchev–Trinajstić information content (AvgIpc) is 3.22. The third kappa shape index (κ3) is 3.86. The van der Waals surface area contributed by atoms with Crippen molar-refractivity contribution in [2.45, 2.75) is 65.0 Å². The third-order valence-corrected chi connectivity index (χ3v) is 4.72. The Morgan fingerprint density at radius 2 is 2.12 bits per heavy atom. The molecule has 0 unspecified atom stereocenters. The number of carbonyl (C=O) groups excluding carboxylic acids is 1. The monoisotopic (exact) mass is 329 g/mol. The highest BCUT2D eigenvalue weighted by Gasteiger charge is 2.23. The molecule has 0 aliphatic heterocycles. The fourth-order valence-electron chi connectivity index (χ4n) is 3.50. The van der Waals surface area contributed by atoms with Crippen molar-refractivity contribution in [2.24, 2.45) is 5.92 Å². The highest BCUT2D eigenvalue weighted by Crippen LogP contribution is 2.33. The molecule has 24 heavy (non-hydrogen) atoms. The fourth-order valence-corrected chi connectivity index (χ4v) is 3.50. The van der Waals surface area contributed by atoms with Crippen LogP contribution in [0.5, 0.6) is 0 Å². The van der Waals surface area contributed by atoms with Crippen LogP contribution in [-0.2, 0) is 13.1 Å². The first kappa shape index (κ1) is 16.7. The van der Waals surface area contributed by atoms with Crippen LogP contribution in [0.15, 0.2) is 18.7 Å². The molecular weight excluding hydrogens is 302 g/mol. The molecule has 0 radical (unpaired) electrons. The van der Waals surface area contributed by atoms with Crippen molar-refractivity contribution < 1.29 is 4.79 Å². The topological polar surface area (TPSA) is 75.6 Å². The summed E-state index contributed by atoms with van der Waals surface area (Å²) in [6, 6.07) is 0. The maximum atomic E-state index is 12.6. The molecule has 0 bridgehead atoms. The zero-order chi connectivity index (χ0) is 16.9. The Hall–Kier alpha value is -2.11. The SMILES string of the molecule is CC(C)Cn1cncc1CNC(=O)c1cn[nH]c1C1CCCCC1. The molecule has 0 spiro atoms. The zero-order valence-electron chi connectivity index (χ0n) is 14.6. The Morgan fingerprint density at radius 3 is 2.88 bits per heavy atom. The summed E-state index contributed by atoms with van der Waals surface area (Å²) in [5.74, 6) is 0.926. The van der Waals surface area contributed by atoms with Crippen LogP contribution in [0.25, 0.3) is 0 Å². The molecule has 1 saturated carbocycles. The second kappa shape index (κ2) is 7.64. The Bertz CT molecular complexity index is 667. The second-order valence-electron chi connectivity index (χ2n) is 7.15. The van der Waals surface area contributed by atoms with E-state index in [0.29, 0.717) is 23.9 Å². The highest BCUT2D eigenvalue weighted by molar-refractivity contribution is 5.95. The number of rotatable bonds is 6. The molecule has 2 aromatic rings. The van der Waals surface area contributed by atoms with Crippen molar-refractivity contribution in [3.8, 4) is 0 Å². The van der Waals surface area contributed by atoms with Gasteiger partial charge < -0.3 is 9.88 Å². The van der Waals surface area contributed by atoms with Gasteiger partial charge in [-0.15, -0.1) is 0 Å². The maximum absolute atomic E-state index is 12.6. The minimum atomic E-state index is -0.0541. The lowest BCUT2D eigenvalue weighted by molar-refractivity contribution is 0.0948. The van der Waals surface area contributed by atoms with Gasteiger partial charge in [0.15, 0.2) is 0 Å². The number of imidazole rings is 1. The van der Waals surface area contributed by atoms with Gasteiger partial charge in [-0.1, -0.05) is 33.1 Å². The molecule has 1 aliphatic rings. The number of H-pyrrole nitrogens is 1. The van der Waals surface area contributed by atoms with Crippen molar-refractivity contribution in [3.63, 3.8) is 0 Å². The number of amides is 1. The van der Waals surface area contributed by atoms with E-state index < -0.39 is 0 Å². The van der Waals surface area contributed by atoms with Crippen molar-refractivity contribution in [1.29, 1.82) is 0 Å². The van der Waals surface area contributed by atoms with Crippen LogP contribution >= 0.6 is 0 Å². The van der Waals surface area contributed by atoms with Gasteiger partial charge in [0.2, 0.25) is 0 Å². The van der Waals surface area contributed by atoms with Crippen LogP contribution < -0.4 is 5.32 Å². The van der Waals surface area contributed by atoms with Gasteiger partial charge >= 0.3 is 0 Å². The van der Waals surface area contributed by atoms with Crippen LogP contribution in [0.2, 0.25) is 0 Å². The van der Waals surface area contributed by atoms with Crippen molar-refractivity contribution >= 4 is 5.91 Å². The summed E-state index contributed by atoms with van der Waals surface area (Å²) in [6.45, 7) is 5.74. The number of carbonyl (C=O) groups is 1. The van der Waals surface area contributed by atoms with Gasteiger partial charge in [0.1, 0.15) is 0 Å². The van der Waals surface area contributed by atoms with Gasteiger partial charge in [-0.3, -0.25) is 9.89 Å². The minimum absolute atomic E-state index is 0.0541. The van der Waals surface area contributed by atoms with Gasteiger partial charge in [0.05, 0.1) is 36.0 Å². The minimum Gasteiger partial charge on any atom is -0.346 e. The second-order valence-corrected chi connectivity index (χ2v) is 7.15. The molecule has 3 rings (SSSR count). The molecule has 1 amide bonds. The molecule has 0 aromatic carbocycles. The summed E-state index contributed by atoms with van der Waals surface area (Å²) in [5.41, 5.74) is 2.72. The Balaban J connectivity index is 1.64. The lowest BCUT2D eigenvalue weighted by Crippen LogP contribution is -2.25. The number of nitrogens with zero attached hydrogens (tertiary/aromatic N) is 3. The summed E-state index contributed by atoms with van der Waals surface area (Å²) < 4.78 is 2.10. The predicted molar refractivity (Wildman–Crippen MR) is 92.6 cm³/mol. The Labute approximate surface area is 143 Å². The standard InChI is InChI=1S/C18H27N5O/c1-13(2)11-23-12-19-8-15(23)9-20-18(24)16-10-21-22-17(16)14-6-4-3-5-7-14/h8,10,12-14H,3-7,9,11H2,1-2H3,(H,20,24)(H,21,22). The first-order valence-corrected chi connectivity index (χ1v) is 8.95. The van der Waals surface area contributed by atoms with Crippen LogP contribution in [0.4, 0.5) is 0 Å². The van der Waals surface area contributed by atoms with E-state index in [1.807, 2.05) is 12.5 Å². The molecule has 6 heteroatoms. The van der Waals surface area contributed by atoms with Gasteiger partial charge in [-0.2, -0.15) is 5.10 Å². The first-order valence-electron chi connectivity index (χ1n) is 8.95. The van der Waals surface area contributed by atoms with Gasteiger partial charge in [-0.25, -0.2) is 4.98 Å². The van der Waals surface area contributed by atoms with Crippen molar-refractivity contribution in [2.75, 3.05) is 0 Å². The zero-order valence-corrected chi connectivity index (χ0v) is 14.6. The molecule has 2 heterocycles. The lowest BCUT2D eigenvalue weighted by Gasteiger charge is -2.21. The summed E-state index contributed by atoms with van der Waals surface area (Å²) in [4.78, 5) is 16.8. The van der Waals surface area contributed by atoms with E-state index in [9.17, 15) is 4.79 Å². The molecule has 0 atom stereocenters. The lowest BCUT2D eigenvalue weighted by atomic mass is 9.85. The van der Waals surface area contributed by atoms with E-state index in [-0.39, 0.29) is 5.91 Å². The van der Waals surface area contributed by atoms with E-state index in [1.165, 1.54) is 19.3 Å². The Morgan fingerprint density at radius 1 is 1.33 bits per heavy atom. The summed E-state index contributed by atoms with van der Waals surface area (Å²) >= 11 is 0. The molecule has 1 aliphatic carbocycles. The van der Waals surface area contributed by atoms with Crippen LogP contribution in [0, 0.1) is 5.92 Å². The summed E-state index contributed by atoms with van der Waals surface area (Å²) in [5, 5.41) is 10.2. The molecule has 0 saturated heterocycles. The van der Waals surface area contributed by atoms with Crippen LogP contribution in [0.1, 0.15) is 73.6 Å². The smallest absolute Gasteiger partial charge is 0.255 e. The molecular formula is C18H27N5O. The molecule has 130 valence electrons. The average molecular weight is 329 g/mol. The van der Waals surface area contributed by atoms with Crippen molar-refractivity contribution in [3.05, 3.63) is 35.7 Å². The van der Waals surface area contributed by atoms with E-state index in [2.05, 4.69) is 38.9 Å². The van der Waals surface area contributed by atoms with Crippen LogP contribution in [0.3, 0.4) is 0 Å². The van der Waals surface area contributed by atoms with Crippen molar-refractivity contribution in [1.82, 2.24) is 25.1 Å². The largest absolute Gasteiger partial charge is 0.346 e. The van der Waals surface area contributed by atoms with Gasteiger partial charge in [0, 0.05) is 18.7 Å². The summed E-state index contributed by atoms with van der Waals surface area (Å²) in [6.07, 6.45) is 11.4. The van der Waals surface area contributed by atoms with E-state index in [4.69, 9.17) is 0 Å². The summed E-state index contributed by atoms with van der Waals surface area (Å²) in [7, 11) is 0. The third-order valence-electron chi connectivity index (χ3n) is 4.72. The van der Waals surface area contributed by atoms with E-state index in [0.717, 1.165) is 30.8 Å². The quantitative estimate of drug-likeness (QED) is 0.854. The number of aromatic amines is 1. The number of nitrogens with one attached hydrogen (secondary N) is 2. The fraction of sp³-hybridized carbons (Fsp3) is 0.611. The number of aromatic nitrogens is 4. The normalized spacial score (nSPS) is 15.8. The van der Waals surface area contributed by atoms with Gasteiger partial charge in [-0.05, 0) is 18.8 Å². The van der Waals surface area contributed by atoms with E-state index >= 15 is 0 Å². The number of hydrogen-bond acceptors (Lipinski definition) is 3.